The zero-order valence-electron chi connectivity index (χ0n) is 67.7. The summed E-state index contributed by atoms with van der Waals surface area (Å²) in [6.07, 6.45) is 24.2. The monoisotopic (exact) mass is 1680 g/mol. The first-order valence-electron chi connectivity index (χ1n) is 40.1. The van der Waals surface area contributed by atoms with Gasteiger partial charge in [0.15, 0.2) is 21.7 Å². The highest BCUT2D eigenvalue weighted by Crippen LogP contribution is 2.94. The number of rotatable bonds is 27. The lowest BCUT2D eigenvalue weighted by molar-refractivity contribution is 0.0118. The van der Waals surface area contributed by atoms with Crippen molar-refractivity contribution in [1.29, 1.82) is 0 Å². The molecule has 10 heterocycles. The van der Waals surface area contributed by atoms with Crippen LogP contribution in [-0.2, 0) is 29.5 Å². The molecule has 0 aromatic carbocycles. The smallest absolute Gasteiger partial charge is 0.410 e. The molecule has 2 saturated heterocycles. The zero-order valence-corrected chi connectivity index (χ0v) is 70.8. The van der Waals surface area contributed by atoms with Crippen molar-refractivity contribution in [2.45, 2.75) is 216 Å². The van der Waals surface area contributed by atoms with Crippen molar-refractivity contribution in [3.05, 3.63) is 167 Å². The molecule has 8 fully saturated rings. The Morgan fingerprint density at radius 1 is 0.538 bits per heavy atom. The molecule has 6 N–H and O–H groups in total. The second-order valence-electron chi connectivity index (χ2n) is 35.7. The van der Waals surface area contributed by atoms with E-state index in [1.807, 2.05) is 96.7 Å². The number of amides is 3. The average Bonchev–Trinajstić information content (AvgIpc) is 1.45. The van der Waals surface area contributed by atoms with Gasteiger partial charge < -0.3 is 44.5 Å². The Balaban J connectivity index is 0.000000160. The Morgan fingerprint density at radius 3 is 1.32 bits per heavy atom. The summed E-state index contributed by atoms with van der Waals surface area (Å²) in [4.78, 5) is 79.6. The van der Waals surface area contributed by atoms with Crippen LogP contribution in [0.2, 0.25) is 10.3 Å². The van der Waals surface area contributed by atoms with Crippen LogP contribution < -0.4 is 30.0 Å². The summed E-state index contributed by atoms with van der Waals surface area (Å²) < 4.78 is 78.6. The molecule has 117 heavy (non-hydrogen) atoms. The van der Waals surface area contributed by atoms with Crippen LogP contribution in [0.25, 0.3) is 11.6 Å². The number of halogens is 2. The number of carbonyl (C=O) groups excluding carboxylic acids is 3. The van der Waals surface area contributed by atoms with Gasteiger partial charge in [0.1, 0.15) is 33.1 Å². The van der Waals surface area contributed by atoms with Crippen LogP contribution in [-0.4, -0.2) is 154 Å². The second kappa shape index (κ2) is 32.3. The van der Waals surface area contributed by atoms with Gasteiger partial charge in [-0.15, -0.1) is 10.2 Å². The predicted octanol–water partition coefficient (Wildman–Crippen LogP) is 15.4. The highest BCUT2D eigenvalue weighted by Gasteiger charge is 2.86. The minimum Gasteiger partial charge on any atom is -0.478 e. The van der Waals surface area contributed by atoms with Gasteiger partial charge in [-0.2, -0.15) is 8.42 Å². The third-order valence-electron chi connectivity index (χ3n) is 24.5. The number of nitrogens with one attached hydrogen (secondary N) is 3. The van der Waals surface area contributed by atoms with Crippen molar-refractivity contribution < 1.29 is 60.1 Å². The fourth-order valence-corrected chi connectivity index (χ4v) is 20.5. The summed E-state index contributed by atoms with van der Waals surface area (Å²) in [5.74, 6) is 2.61. The Kier molecular flexibility index (Phi) is 23.2. The minimum atomic E-state index is -4.43. The van der Waals surface area contributed by atoms with Gasteiger partial charge in [-0.1, -0.05) is 47.5 Å². The van der Waals surface area contributed by atoms with Crippen LogP contribution in [0.1, 0.15) is 216 Å². The van der Waals surface area contributed by atoms with Gasteiger partial charge in [0, 0.05) is 61.1 Å². The van der Waals surface area contributed by atoms with Gasteiger partial charge in [-0.3, -0.25) is 14.8 Å². The Bertz CT molecular complexity index is 5200. The highest BCUT2D eigenvalue weighted by molar-refractivity contribution is 7.90. The Labute approximate surface area is 692 Å². The summed E-state index contributed by atoms with van der Waals surface area (Å²) in [6, 6.07) is 29.4. The van der Waals surface area contributed by atoms with Gasteiger partial charge in [0.05, 0.1) is 47.8 Å². The molecule has 8 aromatic heterocycles. The van der Waals surface area contributed by atoms with E-state index in [9.17, 15) is 36.0 Å². The van der Waals surface area contributed by atoms with Crippen LogP contribution in [0.3, 0.4) is 0 Å². The molecule has 33 heteroatoms. The number of fused-ring (bicyclic) bond motifs is 2. The van der Waals surface area contributed by atoms with Crippen molar-refractivity contribution in [2.75, 3.05) is 36.9 Å². The number of carboxylic acids is 1. The van der Waals surface area contributed by atoms with Gasteiger partial charge in [-0.25, -0.2) is 62.0 Å². The molecule has 3 amide bonds. The SMILES string of the molecule is CC(C)(C)OC(=O)N1C[C@@H](CCC(Nc2cccc(S(N)(=O)=O)n2)c2ccccn2)CC1(C)C.CC(C)(C)OC(=O)N1C[C@H](CCC(Nc2cccc(S(=O)(=O)NC(=O)c3ccc(-n4ccc(OCCC5C6(CC6)C56CC6)n4)nc3Cl)n2)c2ccccn2)CC1(C)C.O=C(O)c1ccc(-n2ccc(OCCC3C4(CC4)C34CC4)n2)nc1Cl. The molecule has 0 bridgehead atoms. The number of sulfonamides is 2. The lowest BCUT2D eigenvalue weighted by Gasteiger charge is -2.33. The second-order valence-corrected chi connectivity index (χ2v) is 39.6. The molecule has 8 aromatic rings. The fourth-order valence-electron chi connectivity index (χ4n) is 18.6. The van der Waals surface area contributed by atoms with E-state index in [0.29, 0.717) is 89.5 Å². The molecular formula is C84H104Cl2N16O13S2. The quantitative estimate of drug-likeness (QED) is 0.0299. The number of aromatic carboxylic acids is 1. The standard InChI is InChI=1S/C42H51ClN8O6S.C24H35N5O4S.C18H18ClN3O3/c1-39(2,3)57-38(53)50-26-27(25-40(50,4)5)12-14-30(29-9-6-7-22-44-29)45-32-10-8-11-35(46-32)58(54,55)49-37(52)28-13-15-33(47-36(28)43)51-23-16-34(48-51)56-24-17-31-41(18-19-41)42(31)20-21-42;1-23(2,3)33-22(30)29-16-17(15-24(29,4)5)12-13-19(18-9-6-7-14-26-18)27-20-10-8-11-21(28-20)34(25,31)32;19-15-11(16(23)24)1-2-13(20-15)22-9-3-14(21-22)25-10-4-12-17(5-6-17)18(12)7-8-18/h6-11,13,15-16,22-23,27,30-31H,12,14,17-21,24-26H2,1-5H3,(H,45,46)(H,49,52);6-11,14,17,19H,12-13,15-16H2,1-5H3,(H,27,28)(H2,25,31,32);1-3,9,12H,4-8,10H2,(H,23,24)/t27-,30?;17-,19?;/m10./s1. The number of nitrogens with two attached hydrogens (primary N) is 1. The van der Waals surface area contributed by atoms with E-state index in [1.54, 1.807) is 72.2 Å². The Hall–Kier alpha value is -9.56. The molecule has 8 aliphatic rings. The van der Waals surface area contributed by atoms with Crippen LogP contribution in [0.15, 0.2) is 144 Å². The van der Waals surface area contributed by atoms with E-state index >= 15 is 0 Å². The first-order chi connectivity index (χ1) is 55.3. The third kappa shape index (κ3) is 19.0. The summed E-state index contributed by atoms with van der Waals surface area (Å²) >= 11 is 12.3. The molecule has 29 nitrogen and oxygen atoms in total. The van der Waals surface area contributed by atoms with Gasteiger partial charge in [-0.05, 0) is 290 Å². The van der Waals surface area contributed by atoms with Gasteiger partial charge in [0.25, 0.3) is 26.0 Å². The number of hydrogen-bond donors (Lipinski definition) is 5. The van der Waals surface area contributed by atoms with E-state index in [-0.39, 0.29) is 78.6 Å². The number of nitrogens with zero attached hydrogens (tertiary/aromatic N) is 12. The molecule has 4 atom stereocenters. The number of anilines is 2. The minimum absolute atomic E-state index is 0.0264. The topological polar surface area (TPSA) is 375 Å². The molecule has 6 aliphatic carbocycles. The maximum atomic E-state index is 13.5. The third-order valence-corrected chi connectivity index (χ3v) is 27.2. The molecule has 2 aliphatic heterocycles. The molecule has 2 unspecified atom stereocenters. The maximum Gasteiger partial charge on any atom is 0.410 e. The maximum absolute atomic E-state index is 13.5. The predicted molar refractivity (Wildman–Crippen MR) is 438 cm³/mol. The van der Waals surface area contributed by atoms with E-state index < -0.39 is 43.1 Å². The van der Waals surface area contributed by atoms with Crippen molar-refractivity contribution in [3.63, 3.8) is 0 Å². The summed E-state index contributed by atoms with van der Waals surface area (Å²) in [7, 11) is -8.33. The van der Waals surface area contributed by atoms with Crippen molar-refractivity contribution >= 4 is 78.9 Å². The summed E-state index contributed by atoms with van der Waals surface area (Å²) in [6.45, 7) is 21.9. The van der Waals surface area contributed by atoms with Crippen molar-refractivity contribution in [1.82, 2.24) is 64.0 Å². The molecular weight excluding hydrogens is 1580 g/mol. The lowest BCUT2D eigenvalue weighted by Crippen LogP contribution is -2.45. The number of likely N-dealkylation sites (tertiary alicyclic amines) is 2. The average molecular weight is 1680 g/mol. The van der Waals surface area contributed by atoms with Crippen LogP contribution in [0, 0.1) is 45.3 Å². The first kappa shape index (κ1) is 83.9. The molecule has 16 rings (SSSR count). The highest BCUT2D eigenvalue weighted by atomic mass is 35.5. The molecule has 0 radical (unpaired) electrons. The number of aromatic nitrogens is 10. The van der Waals surface area contributed by atoms with Crippen LogP contribution >= 0.6 is 23.2 Å². The van der Waals surface area contributed by atoms with E-state index in [2.05, 4.69) is 69.3 Å². The number of pyridine rings is 6. The summed E-state index contributed by atoms with van der Waals surface area (Å²) in [5.41, 5.74) is 2.31. The fraction of sp³-hybridized carbons (Fsp3) is 0.524. The number of carboxylic acid groups (broad SMARTS) is 1. The molecule has 624 valence electrons. The number of primary sulfonamides is 1. The normalized spacial score (nSPS) is 20.2. The summed E-state index contributed by atoms with van der Waals surface area (Å²) in [5, 5.41) is 28.9. The van der Waals surface area contributed by atoms with E-state index in [1.165, 1.54) is 91.1 Å². The van der Waals surface area contributed by atoms with E-state index in [4.69, 9.17) is 52.4 Å². The number of carbonyl (C=O) groups is 4. The molecule has 6 saturated carbocycles. The van der Waals surface area contributed by atoms with Crippen LogP contribution in [0.5, 0.6) is 11.8 Å². The van der Waals surface area contributed by atoms with Crippen molar-refractivity contribution in [2.24, 2.45) is 50.5 Å². The zero-order chi connectivity index (χ0) is 83.5. The van der Waals surface area contributed by atoms with Gasteiger partial charge in [0.2, 0.25) is 11.8 Å². The largest absolute Gasteiger partial charge is 0.478 e. The van der Waals surface area contributed by atoms with E-state index in [0.717, 1.165) is 68.2 Å². The lowest BCUT2D eigenvalue weighted by atomic mass is 9.91. The number of hydrogen-bond acceptors (Lipinski definition) is 22. The van der Waals surface area contributed by atoms with Gasteiger partial charge >= 0.3 is 18.2 Å². The van der Waals surface area contributed by atoms with Crippen molar-refractivity contribution in [3.8, 4) is 23.4 Å². The molecule has 4 spiro atoms. The number of ether oxygens (including phenoxy) is 4. The van der Waals surface area contributed by atoms with Crippen LogP contribution in [0.4, 0.5) is 21.2 Å². The first-order valence-corrected chi connectivity index (χ1v) is 43.9. The Morgan fingerprint density at radius 2 is 0.949 bits per heavy atom.